The summed E-state index contributed by atoms with van der Waals surface area (Å²) in [5, 5.41) is 5.27. The molecule has 0 aliphatic heterocycles. The number of ether oxygens (including phenoxy) is 3. The maximum atomic E-state index is 12.9. The number of hydrogen-bond acceptors (Lipinski definition) is 6. The molecule has 166 valence electrons. The van der Waals surface area contributed by atoms with Crippen molar-refractivity contribution in [2.24, 2.45) is 0 Å². The smallest absolute Gasteiger partial charge is 0.338 e. The zero-order chi connectivity index (χ0) is 22.8. The minimum Gasteiger partial charge on any atom is -0.493 e. The maximum absolute atomic E-state index is 12.9. The highest BCUT2D eigenvalue weighted by Gasteiger charge is 2.15. The third-order valence-electron chi connectivity index (χ3n) is 4.24. The molecule has 0 saturated heterocycles. The molecule has 0 saturated carbocycles. The van der Waals surface area contributed by atoms with E-state index >= 15 is 0 Å². The molecule has 0 aliphatic carbocycles. The molecule has 0 fully saturated rings. The SMILES string of the molecule is CC[C@@H](C)NC(=O)COC(=O)c1ccc(OCC(=O)Nc2ccc(F)cc2)c(OC)c1. The van der Waals surface area contributed by atoms with Crippen LogP contribution < -0.4 is 20.1 Å². The van der Waals surface area contributed by atoms with E-state index in [2.05, 4.69) is 10.6 Å². The normalized spacial score (nSPS) is 11.2. The number of carbonyl (C=O) groups excluding carboxylic acids is 3. The van der Waals surface area contributed by atoms with Crippen LogP contribution in [0.3, 0.4) is 0 Å². The van der Waals surface area contributed by atoms with Crippen molar-refractivity contribution in [3.05, 3.63) is 53.8 Å². The van der Waals surface area contributed by atoms with Gasteiger partial charge in [0.25, 0.3) is 11.8 Å². The molecule has 0 heterocycles. The van der Waals surface area contributed by atoms with Gasteiger partial charge in [0.15, 0.2) is 24.7 Å². The van der Waals surface area contributed by atoms with Crippen LogP contribution in [0.4, 0.5) is 10.1 Å². The summed E-state index contributed by atoms with van der Waals surface area (Å²) < 4.78 is 28.6. The van der Waals surface area contributed by atoms with Crippen molar-refractivity contribution in [3.63, 3.8) is 0 Å². The molecular formula is C22H25FN2O6. The van der Waals surface area contributed by atoms with E-state index < -0.39 is 24.3 Å². The van der Waals surface area contributed by atoms with Gasteiger partial charge in [-0.05, 0) is 55.8 Å². The van der Waals surface area contributed by atoms with Crippen molar-refractivity contribution in [2.75, 3.05) is 25.6 Å². The first-order valence-corrected chi connectivity index (χ1v) is 9.65. The van der Waals surface area contributed by atoms with E-state index in [1.54, 1.807) is 0 Å². The van der Waals surface area contributed by atoms with Gasteiger partial charge in [0.1, 0.15) is 5.82 Å². The van der Waals surface area contributed by atoms with E-state index in [0.29, 0.717) is 5.69 Å². The molecule has 0 bridgehead atoms. The molecule has 0 spiro atoms. The number of methoxy groups -OCH3 is 1. The minimum atomic E-state index is -0.696. The fourth-order valence-corrected chi connectivity index (χ4v) is 2.42. The Labute approximate surface area is 179 Å². The number of amides is 2. The lowest BCUT2D eigenvalue weighted by Gasteiger charge is -2.13. The largest absolute Gasteiger partial charge is 0.493 e. The number of halogens is 1. The Morgan fingerprint density at radius 1 is 1.00 bits per heavy atom. The number of carbonyl (C=O) groups is 3. The summed E-state index contributed by atoms with van der Waals surface area (Å²) in [6.07, 6.45) is 0.764. The van der Waals surface area contributed by atoms with Gasteiger partial charge in [0, 0.05) is 11.7 Å². The summed E-state index contributed by atoms with van der Waals surface area (Å²) in [7, 11) is 1.38. The molecule has 2 amide bonds. The predicted molar refractivity (Wildman–Crippen MR) is 112 cm³/mol. The fraction of sp³-hybridized carbons (Fsp3) is 0.318. The van der Waals surface area contributed by atoms with Gasteiger partial charge in [-0.2, -0.15) is 0 Å². The Kier molecular flexibility index (Phi) is 8.80. The number of hydrogen-bond donors (Lipinski definition) is 2. The van der Waals surface area contributed by atoms with Crippen LogP contribution in [0.2, 0.25) is 0 Å². The van der Waals surface area contributed by atoms with Crippen molar-refractivity contribution in [3.8, 4) is 11.5 Å². The molecule has 8 nitrogen and oxygen atoms in total. The molecule has 2 N–H and O–H groups in total. The Balaban J connectivity index is 1.91. The van der Waals surface area contributed by atoms with Gasteiger partial charge in [-0.3, -0.25) is 9.59 Å². The summed E-state index contributed by atoms with van der Waals surface area (Å²) in [4.78, 5) is 35.9. The lowest BCUT2D eigenvalue weighted by molar-refractivity contribution is -0.124. The molecule has 0 radical (unpaired) electrons. The predicted octanol–water partition coefficient (Wildman–Crippen LogP) is 2.92. The van der Waals surface area contributed by atoms with E-state index in [1.165, 1.54) is 49.6 Å². The summed E-state index contributed by atoms with van der Waals surface area (Å²) in [6.45, 7) is 3.06. The Morgan fingerprint density at radius 3 is 2.35 bits per heavy atom. The second kappa shape index (κ2) is 11.5. The van der Waals surface area contributed by atoms with Gasteiger partial charge >= 0.3 is 5.97 Å². The van der Waals surface area contributed by atoms with E-state index in [4.69, 9.17) is 14.2 Å². The number of rotatable bonds is 10. The van der Waals surface area contributed by atoms with Crippen LogP contribution in [0.1, 0.15) is 30.6 Å². The highest BCUT2D eigenvalue weighted by molar-refractivity contribution is 5.93. The van der Waals surface area contributed by atoms with Crippen LogP contribution in [0.15, 0.2) is 42.5 Å². The molecule has 1 atom stereocenters. The first kappa shape index (κ1) is 23.7. The monoisotopic (exact) mass is 432 g/mol. The minimum absolute atomic E-state index is 0.0111. The molecular weight excluding hydrogens is 407 g/mol. The molecule has 2 rings (SSSR count). The highest BCUT2D eigenvalue weighted by atomic mass is 19.1. The zero-order valence-corrected chi connectivity index (χ0v) is 17.6. The quantitative estimate of drug-likeness (QED) is 0.560. The average Bonchev–Trinajstić information content (AvgIpc) is 2.77. The second-order valence-electron chi connectivity index (χ2n) is 6.66. The average molecular weight is 432 g/mol. The van der Waals surface area contributed by atoms with Gasteiger partial charge in [-0.15, -0.1) is 0 Å². The third-order valence-corrected chi connectivity index (χ3v) is 4.24. The first-order chi connectivity index (χ1) is 14.8. The van der Waals surface area contributed by atoms with Gasteiger partial charge in [-0.1, -0.05) is 6.92 Å². The van der Waals surface area contributed by atoms with Crippen LogP contribution in [0.5, 0.6) is 11.5 Å². The standard InChI is InChI=1S/C22H25FN2O6/c1-4-14(2)24-20(26)13-31-22(28)15-5-10-18(19(11-15)29-3)30-12-21(27)25-17-8-6-16(23)7-9-17/h5-11,14H,4,12-13H2,1-3H3,(H,24,26)(H,25,27)/t14-/m1/s1. The Bertz CT molecular complexity index is 917. The van der Waals surface area contributed by atoms with Crippen LogP contribution in [0.25, 0.3) is 0 Å². The summed E-state index contributed by atoms with van der Waals surface area (Å²) in [5.74, 6) is -1.49. The number of nitrogens with one attached hydrogen (secondary N) is 2. The Hall–Kier alpha value is -3.62. The van der Waals surface area contributed by atoms with Gasteiger partial charge in [-0.25, -0.2) is 9.18 Å². The lowest BCUT2D eigenvalue weighted by atomic mass is 10.2. The summed E-state index contributed by atoms with van der Waals surface area (Å²) in [6, 6.07) is 9.58. The van der Waals surface area contributed by atoms with Crippen molar-refractivity contribution in [1.82, 2.24) is 5.32 Å². The zero-order valence-electron chi connectivity index (χ0n) is 17.6. The van der Waals surface area contributed by atoms with Crippen molar-refractivity contribution < 1.29 is 33.0 Å². The third kappa shape index (κ3) is 7.61. The molecule has 31 heavy (non-hydrogen) atoms. The molecule has 2 aromatic rings. The second-order valence-corrected chi connectivity index (χ2v) is 6.66. The van der Waals surface area contributed by atoms with Crippen molar-refractivity contribution >= 4 is 23.5 Å². The van der Waals surface area contributed by atoms with E-state index in [1.807, 2.05) is 13.8 Å². The number of anilines is 1. The molecule has 0 aromatic heterocycles. The van der Waals surface area contributed by atoms with Crippen LogP contribution in [-0.2, 0) is 14.3 Å². The van der Waals surface area contributed by atoms with E-state index in [0.717, 1.165) is 6.42 Å². The van der Waals surface area contributed by atoms with Crippen molar-refractivity contribution in [2.45, 2.75) is 26.3 Å². The van der Waals surface area contributed by atoms with Crippen LogP contribution >= 0.6 is 0 Å². The summed E-state index contributed by atoms with van der Waals surface area (Å²) in [5.41, 5.74) is 0.591. The maximum Gasteiger partial charge on any atom is 0.338 e. The van der Waals surface area contributed by atoms with Crippen LogP contribution in [-0.4, -0.2) is 44.1 Å². The Morgan fingerprint density at radius 2 is 1.71 bits per heavy atom. The van der Waals surface area contributed by atoms with E-state index in [-0.39, 0.29) is 35.6 Å². The number of esters is 1. The molecule has 2 aromatic carbocycles. The molecule has 0 aliphatic rings. The first-order valence-electron chi connectivity index (χ1n) is 9.65. The fourth-order valence-electron chi connectivity index (χ4n) is 2.42. The topological polar surface area (TPSA) is 103 Å². The van der Waals surface area contributed by atoms with Gasteiger partial charge < -0.3 is 24.8 Å². The van der Waals surface area contributed by atoms with E-state index in [9.17, 15) is 18.8 Å². The highest BCUT2D eigenvalue weighted by Crippen LogP contribution is 2.28. The molecule has 0 unspecified atom stereocenters. The summed E-state index contributed by atoms with van der Waals surface area (Å²) >= 11 is 0. The lowest BCUT2D eigenvalue weighted by Crippen LogP contribution is -2.35. The van der Waals surface area contributed by atoms with Gasteiger partial charge in [0.05, 0.1) is 12.7 Å². The van der Waals surface area contributed by atoms with Crippen LogP contribution in [0, 0.1) is 5.82 Å². The van der Waals surface area contributed by atoms with Gasteiger partial charge in [0.2, 0.25) is 0 Å². The van der Waals surface area contributed by atoms with Crippen molar-refractivity contribution in [1.29, 1.82) is 0 Å². The molecule has 9 heteroatoms. The number of benzene rings is 2.